The maximum Gasteiger partial charge on any atom is 0.271 e. The van der Waals surface area contributed by atoms with E-state index in [1.54, 1.807) is 0 Å². The first-order valence-corrected chi connectivity index (χ1v) is 7.36. The molecule has 0 radical (unpaired) electrons. The average molecular weight is 310 g/mol. The number of rotatable bonds is 3. The van der Waals surface area contributed by atoms with E-state index in [1.807, 2.05) is 57.2 Å². The zero-order valence-corrected chi connectivity index (χ0v) is 13.3. The van der Waals surface area contributed by atoms with Gasteiger partial charge < -0.3 is 9.47 Å². The van der Waals surface area contributed by atoms with E-state index < -0.39 is 0 Å². The van der Waals surface area contributed by atoms with E-state index in [4.69, 9.17) is 9.47 Å². The number of aryl methyl sites for hydroxylation is 2. The molecule has 1 aliphatic heterocycles. The summed E-state index contributed by atoms with van der Waals surface area (Å²) in [7, 11) is 0. The number of fused-ring (bicyclic) bond motifs is 1. The van der Waals surface area contributed by atoms with Gasteiger partial charge in [-0.1, -0.05) is 17.7 Å². The summed E-state index contributed by atoms with van der Waals surface area (Å²) in [4.78, 5) is 12.2. The van der Waals surface area contributed by atoms with Crippen molar-refractivity contribution in [3.05, 3.63) is 58.7 Å². The van der Waals surface area contributed by atoms with Crippen LogP contribution in [-0.4, -0.2) is 18.4 Å². The smallest absolute Gasteiger partial charge is 0.271 e. The zero-order valence-electron chi connectivity index (χ0n) is 13.3. The number of nitrogens with zero attached hydrogens (tertiary/aromatic N) is 1. The molecule has 23 heavy (non-hydrogen) atoms. The Balaban J connectivity index is 1.75. The normalized spacial score (nSPS) is 13.1. The van der Waals surface area contributed by atoms with Gasteiger partial charge in [0, 0.05) is 11.1 Å². The molecule has 0 atom stereocenters. The molecule has 2 aromatic carbocycles. The van der Waals surface area contributed by atoms with E-state index in [0.29, 0.717) is 17.0 Å². The molecule has 5 nitrogen and oxygen atoms in total. The SMILES string of the molecule is CC(=NNC(=O)c1ccc(C)cc1C)c1ccc2c(c1)OCO2. The quantitative estimate of drug-likeness (QED) is 0.699. The minimum atomic E-state index is -0.220. The topological polar surface area (TPSA) is 59.9 Å². The Hall–Kier alpha value is -2.82. The molecule has 0 bridgehead atoms. The number of ether oxygens (including phenoxy) is 2. The fourth-order valence-electron chi connectivity index (χ4n) is 2.45. The van der Waals surface area contributed by atoms with Crippen LogP contribution >= 0.6 is 0 Å². The minimum Gasteiger partial charge on any atom is -0.454 e. The molecule has 0 unspecified atom stereocenters. The molecule has 1 N–H and O–H groups in total. The second-order valence-electron chi connectivity index (χ2n) is 5.52. The van der Waals surface area contributed by atoms with Crippen LogP contribution in [0.5, 0.6) is 11.5 Å². The molecule has 0 aliphatic carbocycles. The Bertz CT molecular complexity index is 797. The molecule has 0 fully saturated rings. The highest BCUT2D eigenvalue weighted by Crippen LogP contribution is 2.32. The number of hydrogen-bond acceptors (Lipinski definition) is 4. The third kappa shape index (κ3) is 3.18. The van der Waals surface area contributed by atoms with E-state index in [-0.39, 0.29) is 12.7 Å². The number of carbonyl (C=O) groups is 1. The van der Waals surface area contributed by atoms with Crippen molar-refractivity contribution >= 4 is 11.6 Å². The highest BCUT2D eigenvalue weighted by Gasteiger charge is 2.14. The Morgan fingerprint density at radius 1 is 1.09 bits per heavy atom. The Labute approximate surface area is 134 Å². The fraction of sp³-hybridized carbons (Fsp3) is 0.222. The van der Waals surface area contributed by atoms with E-state index in [1.165, 1.54) is 0 Å². The number of hydrogen-bond donors (Lipinski definition) is 1. The van der Waals surface area contributed by atoms with Crippen LogP contribution in [0.2, 0.25) is 0 Å². The van der Waals surface area contributed by atoms with Gasteiger partial charge >= 0.3 is 0 Å². The van der Waals surface area contributed by atoms with Crippen LogP contribution in [-0.2, 0) is 0 Å². The first-order chi connectivity index (χ1) is 11.0. The van der Waals surface area contributed by atoms with Crippen molar-refractivity contribution in [3.63, 3.8) is 0 Å². The molecule has 0 saturated carbocycles. The maximum absolute atomic E-state index is 12.2. The highest BCUT2D eigenvalue weighted by atomic mass is 16.7. The lowest BCUT2D eigenvalue weighted by atomic mass is 10.1. The van der Waals surface area contributed by atoms with Crippen molar-refractivity contribution in [2.75, 3.05) is 6.79 Å². The zero-order chi connectivity index (χ0) is 16.4. The van der Waals surface area contributed by atoms with Gasteiger partial charge in [-0.25, -0.2) is 5.43 Å². The first-order valence-electron chi connectivity index (χ1n) is 7.36. The number of hydrazone groups is 1. The molecular formula is C18H18N2O3. The predicted molar refractivity (Wildman–Crippen MR) is 88.2 cm³/mol. The van der Waals surface area contributed by atoms with Gasteiger partial charge in [0.05, 0.1) is 5.71 Å². The third-order valence-corrected chi connectivity index (χ3v) is 3.74. The van der Waals surface area contributed by atoms with Crippen molar-refractivity contribution < 1.29 is 14.3 Å². The van der Waals surface area contributed by atoms with Crippen LogP contribution in [0.3, 0.4) is 0 Å². The average Bonchev–Trinajstić information content (AvgIpc) is 2.99. The van der Waals surface area contributed by atoms with Crippen molar-refractivity contribution in [3.8, 4) is 11.5 Å². The monoisotopic (exact) mass is 310 g/mol. The molecule has 118 valence electrons. The Morgan fingerprint density at radius 3 is 2.65 bits per heavy atom. The second-order valence-corrected chi connectivity index (χ2v) is 5.52. The summed E-state index contributed by atoms with van der Waals surface area (Å²) in [5.74, 6) is 1.20. The molecule has 1 aliphatic rings. The van der Waals surface area contributed by atoms with Crippen LogP contribution < -0.4 is 14.9 Å². The lowest BCUT2D eigenvalue weighted by Gasteiger charge is -2.07. The van der Waals surface area contributed by atoms with Crippen molar-refractivity contribution in [1.29, 1.82) is 0 Å². The summed E-state index contributed by atoms with van der Waals surface area (Å²) in [5.41, 5.74) is 6.84. The number of amides is 1. The fourth-order valence-corrected chi connectivity index (χ4v) is 2.45. The summed E-state index contributed by atoms with van der Waals surface area (Å²) in [5, 5.41) is 4.18. The van der Waals surface area contributed by atoms with Crippen LogP contribution in [0, 0.1) is 13.8 Å². The Kier molecular flexibility index (Phi) is 4.02. The summed E-state index contributed by atoms with van der Waals surface area (Å²) >= 11 is 0. The summed E-state index contributed by atoms with van der Waals surface area (Å²) in [6.07, 6.45) is 0. The van der Waals surface area contributed by atoms with Gasteiger partial charge in [0.15, 0.2) is 11.5 Å². The van der Waals surface area contributed by atoms with Crippen LogP contribution in [0.4, 0.5) is 0 Å². The van der Waals surface area contributed by atoms with Gasteiger partial charge in [0.2, 0.25) is 6.79 Å². The molecule has 2 aromatic rings. The molecule has 1 heterocycles. The van der Waals surface area contributed by atoms with Crippen LogP contribution in [0.15, 0.2) is 41.5 Å². The lowest BCUT2D eigenvalue weighted by molar-refractivity contribution is 0.0954. The molecular weight excluding hydrogens is 292 g/mol. The maximum atomic E-state index is 12.2. The van der Waals surface area contributed by atoms with Crippen molar-refractivity contribution in [2.24, 2.45) is 5.10 Å². The largest absolute Gasteiger partial charge is 0.454 e. The highest BCUT2D eigenvalue weighted by molar-refractivity contribution is 6.01. The van der Waals surface area contributed by atoms with Gasteiger partial charge in [-0.05, 0) is 50.6 Å². The number of nitrogens with one attached hydrogen (secondary N) is 1. The van der Waals surface area contributed by atoms with Gasteiger partial charge in [0.1, 0.15) is 0 Å². The molecule has 1 amide bonds. The van der Waals surface area contributed by atoms with Gasteiger partial charge in [0.25, 0.3) is 5.91 Å². The molecule has 0 saturated heterocycles. The van der Waals surface area contributed by atoms with Crippen molar-refractivity contribution in [1.82, 2.24) is 5.43 Å². The first kappa shape index (κ1) is 15.1. The lowest BCUT2D eigenvalue weighted by Crippen LogP contribution is -2.20. The summed E-state index contributed by atoms with van der Waals surface area (Å²) < 4.78 is 10.6. The van der Waals surface area contributed by atoms with Crippen LogP contribution in [0.25, 0.3) is 0 Å². The van der Waals surface area contributed by atoms with E-state index in [0.717, 1.165) is 22.4 Å². The third-order valence-electron chi connectivity index (χ3n) is 3.74. The van der Waals surface area contributed by atoms with Crippen LogP contribution in [0.1, 0.15) is 34.0 Å². The van der Waals surface area contributed by atoms with Gasteiger partial charge in [-0.15, -0.1) is 0 Å². The van der Waals surface area contributed by atoms with E-state index >= 15 is 0 Å². The molecule has 0 aromatic heterocycles. The van der Waals surface area contributed by atoms with Crippen molar-refractivity contribution in [2.45, 2.75) is 20.8 Å². The minimum absolute atomic E-state index is 0.220. The number of carbonyl (C=O) groups excluding carboxylic acids is 1. The standard InChI is InChI=1S/C18H18N2O3/c1-11-4-6-15(12(2)8-11)18(21)20-19-13(3)14-5-7-16-17(9-14)23-10-22-16/h4-9H,10H2,1-3H3,(H,20,21). The van der Waals surface area contributed by atoms with Gasteiger partial charge in [-0.2, -0.15) is 5.10 Å². The number of benzene rings is 2. The second kappa shape index (κ2) is 6.12. The van der Waals surface area contributed by atoms with E-state index in [2.05, 4.69) is 10.5 Å². The summed E-state index contributed by atoms with van der Waals surface area (Å²) in [6.45, 7) is 5.98. The molecule has 5 heteroatoms. The van der Waals surface area contributed by atoms with Gasteiger partial charge in [-0.3, -0.25) is 4.79 Å². The predicted octanol–water partition coefficient (Wildman–Crippen LogP) is 3.19. The summed E-state index contributed by atoms with van der Waals surface area (Å²) in [6, 6.07) is 11.3. The molecule has 3 rings (SSSR count). The Morgan fingerprint density at radius 2 is 1.87 bits per heavy atom. The van der Waals surface area contributed by atoms with E-state index in [9.17, 15) is 4.79 Å². The molecule has 0 spiro atoms.